The molecular weight excluding hydrogens is 357 g/mol. The Labute approximate surface area is 164 Å². The number of piperazine rings is 1. The Morgan fingerprint density at radius 3 is 2.82 bits per heavy atom. The first-order valence-corrected chi connectivity index (χ1v) is 9.35. The molecule has 1 aromatic carbocycles. The number of hydrogen-bond donors (Lipinski definition) is 1. The van der Waals surface area contributed by atoms with E-state index in [4.69, 9.17) is 9.73 Å². The van der Waals surface area contributed by atoms with Crippen LogP contribution in [0.25, 0.3) is 0 Å². The number of methoxy groups -OCH3 is 1. The first kappa shape index (κ1) is 18.6. The molecule has 1 fully saturated rings. The van der Waals surface area contributed by atoms with E-state index in [9.17, 15) is 4.39 Å². The van der Waals surface area contributed by atoms with Crippen LogP contribution in [0, 0.1) is 5.82 Å². The molecule has 7 heteroatoms. The van der Waals surface area contributed by atoms with Gasteiger partial charge in [0.1, 0.15) is 11.6 Å². The molecule has 0 radical (unpaired) electrons. The number of hydrogen-bond acceptors (Lipinski definition) is 6. The second kappa shape index (κ2) is 8.08. The third-order valence-corrected chi connectivity index (χ3v) is 5.16. The van der Waals surface area contributed by atoms with Gasteiger partial charge in [-0.2, -0.15) is 0 Å². The van der Waals surface area contributed by atoms with Gasteiger partial charge < -0.3 is 15.0 Å². The van der Waals surface area contributed by atoms with Crippen molar-refractivity contribution in [2.45, 2.75) is 12.3 Å². The number of benzene rings is 1. The van der Waals surface area contributed by atoms with Gasteiger partial charge in [-0.25, -0.2) is 9.38 Å². The highest BCUT2D eigenvalue weighted by molar-refractivity contribution is 6.08. The van der Waals surface area contributed by atoms with Gasteiger partial charge >= 0.3 is 0 Å². The van der Waals surface area contributed by atoms with Crippen molar-refractivity contribution in [1.82, 2.24) is 20.1 Å². The zero-order chi connectivity index (χ0) is 19.5. The molecule has 0 amide bonds. The van der Waals surface area contributed by atoms with Crippen LogP contribution in [0.1, 0.15) is 17.2 Å². The topological polar surface area (TPSA) is 53.0 Å². The van der Waals surface area contributed by atoms with Crippen LogP contribution >= 0.6 is 0 Å². The summed E-state index contributed by atoms with van der Waals surface area (Å²) in [6.07, 6.45) is 7.50. The fourth-order valence-corrected chi connectivity index (χ4v) is 3.72. The zero-order valence-corrected chi connectivity index (χ0v) is 16.0. The minimum atomic E-state index is -0.259. The van der Waals surface area contributed by atoms with Gasteiger partial charge in [0.05, 0.1) is 12.8 Å². The second-order valence-corrected chi connectivity index (χ2v) is 6.97. The highest BCUT2D eigenvalue weighted by atomic mass is 19.1. The lowest BCUT2D eigenvalue weighted by Crippen LogP contribution is -2.54. The maximum absolute atomic E-state index is 13.9. The van der Waals surface area contributed by atoms with Crippen molar-refractivity contribution in [3.05, 3.63) is 71.9 Å². The van der Waals surface area contributed by atoms with Gasteiger partial charge in [0.15, 0.2) is 6.29 Å². The van der Waals surface area contributed by atoms with E-state index in [1.54, 1.807) is 31.6 Å². The van der Waals surface area contributed by atoms with Crippen molar-refractivity contribution in [3.8, 4) is 5.75 Å². The molecule has 2 atom stereocenters. The molecule has 2 aliphatic heterocycles. The van der Waals surface area contributed by atoms with E-state index < -0.39 is 0 Å². The van der Waals surface area contributed by atoms with E-state index in [1.807, 2.05) is 31.5 Å². The third kappa shape index (κ3) is 3.76. The Bertz CT molecular complexity index is 886. The maximum atomic E-state index is 13.9. The standard InChI is InChI=1S/C21H24FN5O/c1-26-11-7-18(15-5-8-23-9-6-15)25-21(26)27-12-10-24-19(14-27)17-13-16(22)3-4-20(17)28-2/h3-9,11,13,19,21,24H,10,12,14H2,1-2H3. The van der Waals surface area contributed by atoms with Crippen LogP contribution in [0.15, 0.2) is 60.0 Å². The summed E-state index contributed by atoms with van der Waals surface area (Å²) in [5.74, 6) is 0.434. The van der Waals surface area contributed by atoms with Crippen LogP contribution in [0.2, 0.25) is 0 Å². The van der Waals surface area contributed by atoms with E-state index >= 15 is 0 Å². The number of halogens is 1. The number of pyridine rings is 1. The van der Waals surface area contributed by atoms with Crippen molar-refractivity contribution in [2.75, 3.05) is 33.8 Å². The molecule has 1 N–H and O–H groups in total. The largest absolute Gasteiger partial charge is 0.496 e. The van der Waals surface area contributed by atoms with E-state index in [2.05, 4.69) is 20.1 Å². The summed E-state index contributed by atoms with van der Waals surface area (Å²) in [5, 5.41) is 3.48. The lowest BCUT2D eigenvalue weighted by Gasteiger charge is -2.41. The molecule has 2 aliphatic rings. The number of aliphatic imine (C=N–C) groups is 1. The number of allylic oxidation sites excluding steroid dienone is 1. The van der Waals surface area contributed by atoms with E-state index in [0.717, 1.165) is 29.9 Å². The van der Waals surface area contributed by atoms with E-state index in [0.29, 0.717) is 12.3 Å². The van der Waals surface area contributed by atoms with Crippen molar-refractivity contribution in [1.29, 1.82) is 0 Å². The molecule has 0 saturated carbocycles. The molecule has 6 nitrogen and oxygen atoms in total. The van der Waals surface area contributed by atoms with Crippen molar-refractivity contribution >= 4 is 5.71 Å². The predicted octanol–water partition coefficient (Wildman–Crippen LogP) is 2.41. The Morgan fingerprint density at radius 2 is 2.04 bits per heavy atom. The van der Waals surface area contributed by atoms with Crippen LogP contribution in [-0.4, -0.2) is 60.6 Å². The van der Waals surface area contributed by atoms with Crippen LogP contribution in [0.4, 0.5) is 4.39 Å². The second-order valence-electron chi connectivity index (χ2n) is 6.97. The summed E-state index contributed by atoms with van der Waals surface area (Å²) in [5.41, 5.74) is 2.81. The van der Waals surface area contributed by atoms with Crippen LogP contribution in [0.5, 0.6) is 5.75 Å². The summed E-state index contributed by atoms with van der Waals surface area (Å²) in [6.45, 7) is 2.35. The predicted molar refractivity (Wildman–Crippen MR) is 107 cm³/mol. The molecule has 0 spiro atoms. The van der Waals surface area contributed by atoms with Gasteiger partial charge in [0.25, 0.3) is 0 Å². The van der Waals surface area contributed by atoms with Crippen LogP contribution < -0.4 is 10.1 Å². The number of rotatable bonds is 4. The summed E-state index contributed by atoms with van der Waals surface area (Å²) in [6, 6.07) is 8.55. The highest BCUT2D eigenvalue weighted by Crippen LogP contribution is 2.29. The molecular formula is C21H24FN5O. The molecule has 4 rings (SSSR count). The molecule has 0 bridgehead atoms. The summed E-state index contributed by atoms with van der Waals surface area (Å²) < 4.78 is 19.3. The number of nitrogens with zero attached hydrogens (tertiary/aromatic N) is 4. The summed E-state index contributed by atoms with van der Waals surface area (Å²) in [4.78, 5) is 13.4. The average Bonchev–Trinajstić information content (AvgIpc) is 2.75. The average molecular weight is 381 g/mol. The molecule has 0 aliphatic carbocycles. The Hall–Kier alpha value is -2.77. The molecule has 1 saturated heterocycles. The molecule has 1 aromatic heterocycles. The van der Waals surface area contributed by atoms with Gasteiger partial charge in [0.2, 0.25) is 0 Å². The van der Waals surface area contributed by atoms with Gasteiger partial charge in [0, 0.05) is 62.4 Å². The van der Waals surface area contributed by atoms with E-state index in [-0.39, 0.29) is 18.1 Å². The quantitative estimate of drug-likeness (QED) is 0.882. The van der Waals surface area contributed by atoms with Crippen LogP contribution in [-0.2, 0) is 0 Å². The van der Waals surface area contributed by atoms with Gasteiger partial charge in [-0.15, -0.1) is 0 Å². The molecule has 2 unspecified atom stereocenters. The first-order valence-electron chi connectivity index (χ1n) is 9.35. The van der Waals surface area contributed by atoms with E-state index in [1.165, 1.54) is 6.07 Å². The smallest absolute Gasteiger partial charge is 0.178 e. The maximum Gasteiger partial charge on any atom is 0.178 e. The Morgan fingerprint density at radius 1 is 1.21 bits per heavy atom. The Balaban J connectivity index is 1.58. The monoisotopic (exact) mass is 381 g/mol. The lowest BCUT2D eigenvalue weighted by molar-refractivity contribution is 0.0679. The fourth-order valence-electron chi connectivity index (χ4n) is 3.72. The molecule has 28 heavy (non-hydrogen) atoms. The molecule has 146 valence electrons. The number of ether oxygens (including phenoxy) is 1. The fraction of sp³-hybridized carbons (Fsp3) is 0.333. The van der Waals surface area contributed by atoms with Crippen molar-refractivity contribution in [2.24, 2.45) is 4.99 Å². The molecule has 2 aromatic rings. The highest BCUT2D eigenvalue weighted by Gasteiger charge is 2.30. The van der Waals surface area contributed by atoms with Gasteiger partial charge in [-0.05, 0) is 36.4 Å². The zero-order valence-electron chi connectivity index (χ0n) is 16.0. The minimum absolute atomic E-state index is 0.0294. The summed E-state index contributed by atoms with van der Waals surface area (Å²) in [7, 11) is 3.64. The SMILES string of the molecule is COc1ccc(F)cc1C1CN(C2N=C(c3ccncc3)C=CN2C)CCN1. The van der Waals surface area contributed by atoms with Crippen molar-refractivity contribution in [3.63, 3.8) is 0 Å². The summed E-state index contributed by atoms with van der Waals surface area (Å²) >= 11 is 0. The molecule has 3 heterocycles. The van der Waals surface area contributed by atoms with Crippen LogP contribution in [0.3, 0.4) is 0 Å². The number of nitrogens with one attached hydrogen (secondary N) is 1. The third-order valence-electron chi connectivity index (χ3n) is 5.16. The van der Waals surface area contributed by atoms with Crippen molar-refractivity contribution < 1.29 is 9.13 Å². The Kier molecular flexibility index (Phi) is 5.36. The normalized spacial score (nSPS) is 22.8. The first-order chi connectivity index (χ1) is 13.7. The van der Waals surface area contributed by atoms with Gasteiger partial charge in [-0.1, -0.05) is 0 Å². The number of aromatic nitrogens is 1. The lowest BCUT2D eigenvalue weighted by atomic mass is 10.0. The minimum Gasteiger partial charge on any atom is -0.496 e. The van der Waals surface area contributed by atoms with Gasteiger partial charge in [-0.3, -0.25) is 9.88 Å².